The van der Waals surface area contributed by atoms with E-state index in [4.69, 9.17) is 0 Å². The van der Waals surface area contributed by atoms with Crippen LogP contribution in [0.4, 0.5) is 0 Å². The van der Waals surface area contributed by atoms with Crippen LogP contribution in [0.5, 0.6) is 0 Å². The standard InChI is InChI=1S/C19H18N2O2/c1-14(13-15(2)22)20-21-18(16-9-5-3-6-10-16)19(23)17-11-7-4-8-12-17/h3-13,20H,1-2H3/b14-13+,21-18-. The molecule has 2 aromatic carbocycles. The van der Waals surface area contributed by atoms with Crippen LogP contribution in [0.15, 0.2) is 77.5 Å². The maximum Gasteiger partial charge on any atom is 0.213 e. The number of carbonyl (C=O) groups excluding carboxylic acids is 2. The van der Waals surface area contributed by atoms with E-state index in [1.807, 2.05) is 48.5 Å². The van der Waals surface area contributed by atoms with Gasteiger partial charge in [-0.1, -0.05) is 60.7 Å². The molecule has 0 unspecified atom stereocenters. The molecule has 0 saturated heterocycles. The molecule has 0 amide bonds. The lowest BCUT2D eigenvalue weighted by Gasteiger charge is -2.07. The van der Waals surface area contributed by atoms with E-state index >= 15 is 0 Å². The van der Waals surface area contributed by atoms with Crippen LogP contribution in [-0.2, 0) is 4.79 Å². The molecule has 0 aliphatic rings. The molecule has 0 heterocycles. The fourth-order valence-corrected chi connectivity index (χ4v) is 2.05. The summed E-state index contributed by atoms with van der Waals surface area (Å²) in [5.41, 5.74) is 4.92. The third kappa shape index (κ3) is 4.74. The lowest BCUT2D eigenvalue weighted by Crippen LogP contribution is -2.20. The Morgan fingerprint density at radius 1 is 0.870 bits per heavy atom. The van der Waals surface area contributed by atoms with Crippen molar-refractivity contribution >= 4 is 17.3 Å². The van der Waals surface area contributed by atoms with Crippen LogP contribution < -0.4 is 5.43 Å². The van der Waals surface area contributed by atoms with Gasteiger partial charge >= 0.3 is 0 Å². The first-order valence-corrected chi connectivity index (χ1v) is 7.25. The second kappa shape index (κ2) is 7.84. The number of hydrogen-bond acceptors (Lipinski definition) is 4. The van der Waals surface area contributed by atoms with Crippen LogP contribution in [0.25, 0.3) is 0 Å². The van der Waals surface area contributed by atoms with Crippen molar-refractivity contribution in [3.05, 3.63) is 83.6 Å². The summed E-state index contributed by atoms with van der Waals surface area (Å²) in [6, 6.07) is 18.2. The molecular weight excluding hydrogens is 288 g/mol. The van der Waals surface area contributed by atoms with Crippen molar-refractivity contribution in [3.8, 4) is 0 Å². The predicted molar refractivity (Wildman–Crippen MR) is 91.3 cm³/mol. The van der Waals surface area contributed by atoms with Crippen LogP contribution >= 0.6 is 0 Å². The van der Waals surface area contributed by atoms with E-state index < -0.39 is 0 Å². The molecule has 0 fully saturated rings. The molecule has 2 aromatic rings. The molecule has 0 radical (unpaired) electrons. The number of Topliss-reactive ketones (excluding diaryl/α,β-unsaturated/α-hetero) is 1. The minimum absolute atomic E-state index is 0.0825. The Hall–Kier alpha value is -3.01. The largest absolute Gasteiger partial charge is 0.295 e. The smallest absolute Gasteiger partial charge is 0.213 e. The molecule has 0 atom stereocenters. The summed E-state index contributed by atoms with van der Waals surface area (Å²) < 4.78 is 0. The van der Waals surface area contributed by atoms with Gasteiger partial charge in [-0.05, 0) is 13.8 Å². The highest BCUT2D eigenvalue weighted by Gasteiger charge is 2.16. The topological polar surface area (TPSA) is 58.5 Å². The van der Waals surface area contributed by atoms with Gasteiger partial charge < -0.3 is 0 Å². The Labute approximate surface area is 135 Å². The molecule has 0 aliphatic carbocycles. The van der Waals surface area contributed by atoms with Gasteiger partial charge in [-0.15, -0.1) is 0 Å². The number of hydrogen-bond donors (Lipinski definition) is 1. The molecule has 4 heteroatoms. The molecule has 0 aliphatic heterocycles. The molecule has 0 saturated carbocycles. The van der Waals surface area contributed by atoms with Gasteiger partial charge in [0.2, 0.25) is 5.78 Å². The number of benzene rings is 2. The SMILES string of the molecule is CC(=O)/C=C(\C)N/N=C(\C(=O)c1ccccc1)c1ccccc1. The highest BCUT2D eigenvalue weighted by molar-refractivity contribution is 6.51. The van der Waals surface area contributed by atoms with E-state index in [2.05, 4.69) is 10.5 Å². The second-order valence-electron chi connectivity index (χ2n) is 5.07. The highest BCUT2D eigenvalue weighted by Crippen LogP contribution is 2.09. The van der Waals surface area contributed by atoms with E-state index in [1.54, 1.807) is 19.1 Å². The maximum atomic E-state index is 12.7. The maximum absolute atomic E-state index is 12.7. The summed E-state index contributed by atoms with van der Waals surface area (Å²) in [5.74, 6) is -0.263. The monoisotopic (exact) mass is 306 g/mol. The zero-order chi connectivity index (χ0) is 16.7. The minimum atomic E-state index is -0.181. The summed E-state index contributed by atoms with van der Waals surface area (Å²) in [4.78, 5) is 23.8. The first kappa shape index (κ1) is 16.4. The lowest BCUT2D eigenvalue weighted by atomic mass is 10.0. The molecule has 116 valence electrons. The zero-order valence-electron chi connectivity index (χ0n) is 13.1. The van der Waals surface area contributed by atoms with Crippen molar-refractivity contribution in [2.24, 2.45) is 5.10 Å². The van der Waals surface area contributed by atoms with Gasteiger partial charge in [0.25, 0.3) is 0 Å². The molecule has 1 N–H and O–H groups in total. The fourth-order valence-electron chi connectivity index (χ4n) is 2.05. The van der Waals surface area contributed by atoms with Crippen LogP contribution in [0.1, 0.15) is 29.8 Å². The number of nitrogens with zero attached hydrogens (tertiary/aromatic N) is 1. The third-order valence-corrected chi connectivity index (χ3v) is 3.06. The van der Waals surface area contributed by atoms with Crippen molar-refractivity contribution in [1.29, 1.82) is 0 Å². The summed E-state index contributed by atoms with van der Waals surface area (Å²) in [7, 11) is 0. The summed E-state index contributed by atoms with van der Waals surface area (Å²) >= 11 is 0. The normalized spacial score (nSPS) is 11.9. The van der Waals surface area contributed by atoms with Crippen molar-refractivity contribution in [2.45, 2.75) is 13.8 Å². The van der Waals surface area contributed by atoms with Gasteiger partial charge in [0.05, 0.1) is 0 Å². The van der Waals surface area contributed by atoms with E-state index in [0.29, 0.717) is 22.5 Å². The van der Waals surface area contributed by atoms with Gasteiger partial charge in [0.15, 0.2) is 5.78 Å². The van der Waals surface area contributed by atoms with Crippen molar-refractivity contribution in [1.82, 2.24) is 5.43 Å². The number of carbonyl (C=O) groups is 2. The van der Waals surface area contributed by atoms with Crippen LogP contribution in [0, 0.1) is 0 Å². The molecule has 0 spiro atoms. The molecule has 4 nitrogen and oxygen atoms in total. The lowest BCUT2D eigenvalue weighted by molar-refractivity contribution is -0.112. The summed E-state index contributed by atoms with van der Waals surface area (Å²) in [6.45, 7) is 3.18. The third-order valence-electron chi connectivity index (χ3n) is 3.06. The summed E-state index contributed by atoms with van der Waals surface area (Å²) in [6.07, 6.45) is 1.43. The van der Waals surface area contributed by atoms with Crippen LogP contribution in [0.3, 0.4) is 0 Å². The van der Waals surface area contributed by atoms with Gasteiger partial charge in [-0.25, -0.2) is 0 Å². The predicted octanol–water partition coefficient (Wildman–Crippen LogP) is 3.36. The average Bonchev–Trinajstić information content (AvgIpc) is 2.56. The minimum Gasteiger partial charge on any atom is -0.295 e. The van der Waals surface area contributed by atoms with Gasteiger partial charge in [-0.3, -0.25) is 15.0 Å². The zero-order valence-corrected chi connectivity index (χ0v) is 13.1. The first-order valence-electron chi connectivity index (χ1n) is 7.25. The second-order valence-corrected chi connectivity index (χ2v) is 5.07. The molecular formula is C19H18N2O2. The Morgan fingerprint density at radius 3 is 1.91 bits per heavy atom. The number of ketones is 2. The van der Waals surface area contributed by atoms with Gasteiger partial charge in [0.1, 0.15) is 5.71 Å². The van der Waals surface area contributed by atoms with E-state index in [-0.39, 0.29) is 11.6 Å². The van der Waals surface area contributed by atoms with Gasteiger partial charge in [-0.2, -0.15) is 5.10 Å². The highest BCUT2D eigenvalue weighted by atomic mass is 16.1. The molecule has 0 bridgehead atoms. The fraction of sp³-hybridized carbons (Fsp3) is 0.105. The van der Waals surface area contributed by atoms with Crippen molar-refractivity contribution in [2.75, 3.05) is 0 Å². The van der Waals surface area contributed by atoms with E-state index in [0.717, 1.165) is 0 Å². The Morgan fingerprint density at radius 2 is 1.39 bits per heavy atom. The number of allylic oxidation sites excluding steroid dienone is 2. The summed E-state index contributed by atoms with van der Waals surface area (Å²) in [5, 5.41) is 4.22. The quantitative estimate of drug-likeness (QED) is 0.385. The van der Waals surface area contributed by atoms with E-state index in [9.17, 15) is 9.59 Å². The van der Waals surface area contributed by atoms with E-state index in [1.165, 1.54) is 13.0 Å². The number of hydrazone groups is 1. The Bertz CT molecular complexity index is 747. The Balaban J connectivity index is 2.37. The number of rotatable bonds is 6. The van der Waals surface area contributed by atoms with Crippen molar-refractivity contribution in [3.63, 3.8) is 0 Å². The first-order chi connectivity index (χ1) is 11.1. The average molecular weight is 306 g/mol. The molecule has 23 heavy (non-hydrogen) atoms. The Kier molecular flexibility index (Phi) is 5.58. The van der Waals surface area contributed by atoms with Crippen molar-refractivity contribution < 1.29 is 9.59 Å². The molecule has 2 rings (SSSR count). The van der Waals surface area contributed by atoms with Gasteiger partial charge in [0, 0.05) is 22.9 Å². The number of nitrogens with one attached hydrogen (secondary N) is 1. The van der Waals surface area contributed by atoms with Crippen LogP contribution in [0.2, 0.25) is 0 Å². The van der Waals surface area contributed by atoms with Crippen LogP contribution in [-0.4, -0.2) is 17.3 Å². The molecule has 0 aromatic heterocycles.